The number of hydrogen-bond donors (Lipinski definition) is 6. The summed E-state index contributed by atoms with van der Waals surface area (Å²) in [5, 5.41) is 52.0. The molecule has 0 aliphatic rings. The summed E-state index contributed by atoms with van der Waals surface area (Å²) in [4.78, 5) is 0. The van der Waals surface area contributed by atoms with E-state index >= 15 is 0 Å². The molecule has 3 rings (SSSR count). The van der Waals surface area contributed by atoms with E-state index in [9.17, 15) is 0 Å². The van der Waals surface area contributed by atoms with Crippen LogP contribution in [0.4, 0.5) is 0 Å². The molecule has 0 saturated carbocycles. The number of hydrogen-bond acceptors (Lipinski definition) is 6. The summed E-state index contributed by atoms with van der Waals surface area (Å²) < 4.78 is 0. The van der Waals surface area contributed by atoms with Crippen LogP contribution in [0.5, 0.6) is 34.5 Å². The van der Waals surface area contributed by atoms with Crippen molar-refractivity contribution >= 4 is 0 Å². The second kappa shape index (κ2) is 15.3. The molecule has 0 aliphatic heterocycles. The smallest absolute Gasteiger partial charge is 0.157 e. The van der Waals surface area contributed by atoms with Crippen molar-refractivity contribution in [3.05, 3.63) is 72.8 Å². The summed E-state index contributed by atoms with van der Waals surface area (Å²) in [7, 11) is 0. The fraction of sp³-hybridized carbons (Fsp3) is 0. The molecule has 0 aromatic heterocycles. The Morgan fingerprint density at radius 3 is 0.500 bits per heavy atom. The molecule has 3 aromatic carbocycles. The van der Waals surface area contributed by atoms with Gasteiger partial charge in [-0.1, -0.05) is 36.4 Å². The quantitative estimate of drug-likeness (QED) is 0.218. The van der Waals surface area contributed by atoms with E-state index in [1.54, 1.807) is 36.4 Å². The predicted octanol–water partition coefficient (Wildman–Crippen LogP) is 3.29. The molecule has 0 atom stereocenters. The molecule has 6 N–H and O–H groups in total. The van der Waals surface area contributed by atoms with Crippen molar-refractivity contribution in [3.8, 4) is 34.5 Å². The maximum Gasteiger partial charge on any atom is 0.157 e. The van der Waals surface area contributed by atoms with Crippen LogP contribution >= 0.6 is 0 Å². The van der Waals surface area contributed by atoms with Gasteiger partial charge in [0, 0.05) is 83.5 Å². The zero-order valence-corrected chi connectivity index (χ0v) is 19.9. The second-order valence-corrected chi connectivity index (χ2v) is 4.47. The second-order valence-electron chi connectivity index (χ2n) is 4.47. The third-order valence-corrected chi connectivity index (χ3v) is 2.65. The molecule has 0 bridgehead atoms. The van der Waals surface area contributed by atoms with Gasteiger partial charge in [0.1, 0.15) is 0 Å². The predicted molar refractivity (Wildman–Crippen MR) is 89.3 cm³/mol. The monoisotopic (exact) mass is 610 g/mol. The van der Waals surface area contributed by atoms with E-state index < -0.39 is 0 Å². The van der Waals surface area contributed by atoms with Crippen LogP contribution in [0.1, 0.15) is 0 Å². The first-order valence-corrected chi connectivity index (χ1v) is 6.82. The van der Waals surface area contributed by atoms with Gasteiger partial charge in [-0.15, -0.1) is 0 Å². The Hall–Kier alpha value is -0.787. The Labute approximate surface area is 218 Å². The fourth-order valence-corrected chi connectivity index (χ4v) is 1.39. The summed E-state index contributed by atoms with van der Waals surface area (Å²) in [6, 6.07) is 18.4. The fourth-order valence-electron chi connectivity index (χ4n) is 1.39. The Morgan fingerprint density at radius 1 is 0.308 bits per heavy atom. The minimum atomic E-state index is -0.0764. The van der Waals surface area contributed by atoms with E-state index in [1.165, 1.54) is 36.4 Å². The van der Waals surface area contributed by atoms with Gasteiger partial charge < -0.3 is 30.6 Å². The van der Waals surface area contributed by atoms with E-state index in [0.29, 0.717) is 0 Å². The third-order valence-electron chi connectivity index (χ3n) is 2.65. The van der Waals surface area contributed by atoms with Crippen LogP contribution in [-0.2, 0) is 0 Å². The molecule has 134 valence electrons. The van der Waals surface area contributed by atoms with Gasteiger partial charge in [0.25, 0.3) is 0 Å². The van der Waals surface area contributed by atoms with Crippen molar-refractivity contribution in [2.24, 2.45) is 0 Å². The van der Waals surface area contributed by atoms with E-state index in [1.807, 2.05) is 0 Å². The Morgan fingerprint density at radius 2 is 0.423 bits per heavy atom. The normalized spacial score (nSPS) is 8.31. The molecule has 6 nitrogen and oxygen atoms in total. The van der Waals surface area contributed by atoms with Crippen molar-refractivity contribution in [3.63, 3.8) is 0 Å². The maximum atomic E-state index is 8.67. The molecule has 26 heavy (non-hydrogen) atoms. The average Bonchev–Trinajstić information content (AvgIpc) is 2.57. The number of rotatable bonds is 0. The van der Waals surface area contributed by atoms with Crippen LogP contribution in [0, 0.1) is 83.5 Å². The standard InChI is InChI=1S/3C6H6O2.2Ce/c3*7-5-3-1-2-4-6(5)8;;/h3*1-4,7-8H;;. The molecule has 3 aromatic rings. The zero-order chi connectivity index (χ0) is 17.9. The van der Waals surface area contributed by atoms with Gasteiger partial charge in [0.15, 0.2) is 34.5 Å². The van der Waals surface area contributed by atoms with Gasteiger partial charge in [-0.3, -0.25) is 0 Å². The van der Waals surface area contributed by atoms with Gasteiger partial charge in [-0.05, 0) is 36.4 Å². The first kappa shape index (κ1) is 27.4. The van der Waals surface area contributed by atoms with Crippen LogP contribution in [0.15, 0.2) is 72.8 Å². The number of phenols is 6. The Bertz CT molecular complexity index is 602. The van der Waals surface area contributed by atoms with Gasteiger partial charge >= 0.3 is 0 Å². The summed E-state index contributed by atoms with van der Waals surface area (Å²) in [6.45, 7) is 0. The van der Waals surface area contributed by atoms with Crippen molar-refractivity contribution < 1.29 is 114 Å². The molecule has 8 heteroatoms. The van der Waals surface area contributed by atoms with Gasteiger partial charge in [-0.2, -0.15) is 0 Å². The van der Waals surface area contributed by atoms with Crippen LogP contribution in [0.2, 0.25) is 0 Å². The summed E-state index contributed by atoms with van der Waals surface area (Å²) in [5.41, 5.74) is 0. The Kier molecular flexibility index (Phi) is 16.1. The molecule has 0 unspecified atom stereocenters. The first-order chi connectivity index (χ1) is 11.4. The van der Waals surface area contributed by atoms with Crippen molar-refractivity contribution in [1.82, 2.24) is 0 Å². The van der Waals surface area contributed by atoms with E-state index in [2.05, 4.69) is 0 Å². The summed E-state index contributed by atoms with van der Waals surface area (Å²) in [5.74, 6) is -0.458. The summed E-state index contributed by atoms with van der Waals surface area (Å²) in [6.07, 6.45) is 0. The molecule has 0 saturated heterocycles. The van der Waals surface area contributed by atoms with Crippen molar-refractivity contribution in [1.29, 1.82) is 0 Å². The van der Waals surface area contributed by atoms with Crippen LogP contribution in [-0.4, -0.2) is 30.6 Å². The van der Waals surface area contributed by atoms with Gasteiger partial charge in [-0.25, -0.2) is 0 Å². The van der Waals surface area contributed by atoms with E-state index in [4.69, 9.17) is 30.6 Å². The van der Waals surface area contributed by atoms with Gasteiger partial charge in [0.05, 0.1) is 0 Å². The zero-order valence-electron chi connectivity index (χ0n) is 13.6. The minimum absolute atomic E-state index is 0. The minimum Gasteiger partial charge on any atom is -0.504 e. The third kappa shape index (κ3) is 11.0. The number of para-hydroxylation sites is 6. The summed E-state index contributed by atoms with van der Waals surface area (Å²) >= 11 is 0. The van der Waals surface area contributed by atoms with Crippen molar-refractivity contribution in [2.75, 3.05) is 0 Å². The Balaban J connectivity index is 0. The number of benzene rings is 3. The van der Waals surface area contributed by atoms with Crippen LogP contribution < -0.4 is 0 Å². The first-order valence-electron chi connectivity index (χ1n) is 6.82. The van der Waals surface area contributed by atoms with E-state index in [-0.39, 0.29) is 118 Å². The molecule has 0 aliphatic carbocycles. The molecule has 0 radical (unpaired) electrons. The molecule has 0 fully saturated rings. The maximum absolute atomic E-state index is 8.67. The topological polar surface area (TPSA) is 121 Å². The van der Waals surface area contributed by atoms with Crippen molar-refractivity contribution in [2.45, 2.75) is 0 Å². The molecule has 0 spiro atoms. The number of aromatic hydroxyl groups is 6. The number of phenolic OH excluding ortho intramolecular Hbond substituents is 6. The molecule has 0 heterocycles. The molecular weight excluding hydrogens is 592 g/mol. The van der Waals surface area contributed by atoms with E-state index in [0.717, 1.165) is 0 Å². The largest absolute Gasteiger partial charge is 0.504 e. The van der Waals surface area contributed by atoms with Gasteiger partial charge in [0.2, 0.25) is 0 Å². The SMILES string of the molecule is Oc1ccccc1O.Oc1ccccc1O.Oc1ccccc1O.[Ce].[Ce]. The van der Waals surface area contributed by atoms with Crippen LogP contribution in [0.25, 0.3) is 0 Å². The molecule has 0 amide bonds. The van der Waals surface area contributed by atoms with Crippen LogP contribution in [0.3, 0.4) is 0 Å². The molecular formula is C18H18Ce2O6. The average molecular weight is 611 g/mol.